The first-order chi connectivity index (χ1) is 12.9. The maximum atomic E-state index is 12.1. The molecule has 2 aromatic carbocycles. The van der Waals surface area contributed by atoms with Crippen LogP contribution in [0.15, 0.2) is 52.1 Å². The van der Waals surface area contributed by atoms with Crippen LogP contribution in [0.5, 0.6) is 0 Å². The predicted molar refractivity (Wildman–Crippen MR) is 105 cm³/mol. The summed E-state index contributed by atoms with van der Waals surface area (Å²) in [4.78, 5) is 23.3. The fourth-order valence-corrected chi connectivity index (χ4v) is 3.16. The van der Waals surface area contributed by atoms with Crippen molar-refractivity contribution in [1.29, 1.82) is 0 Å². The molecule has 1 amide bonds. The molecule has 0 aliphatic rings. The summed E-state index contributed by atoms with van der Waals surface area (Å²) < 4.78 is 5.65. The van der Waals surface area contributed by atoms with Gasteiger partial charge in [-0.15, -0.1) is 10.2 Å². The van der Waals surface area contributed by atoms with Gasteiger partial charge in [0.2, 0.25) is 11.8 Å². The molecule has 0 spiro atoms. The highest BCUT2D eigenvalue weighted by atomic mass is 32.2. The van der Waals surface area contributed by atoms with Crippen molar-refractivity contribution >= 4 is 29.1 Å². The highest BCUT2D eigenvalue weighted by molar-refractivity contribution is 7.99. The molecule has 27 heavy (non-hydrogen) atoms. The first kappa shape index (κ1) is 18.8. The lowest BCUT2D eigenvalue weighted by molar-refractivity contribution is -0.113. The molecule has 138 valence electrons. The van der Waals surface area contributed by atoms with Crippen LogP contribution >= 0.6 is 11.8 Å². The lowest BCUT2D eigenvalue weighted by Crippen LogP contribution is -2.14. The molecular weight excluding hydrogens is 362 g/mol. The van der Waals surface area contributed by atoms with Gasteiger partial charge in [0.15, 0.2) is 5.78 Å². The molecule has 1 N–H and O–H groups in total. The first-order valence-electron chi connectivity index (χ1n) is 8.36. The van der Waals surface area contributed by atoms with Crippen molar-refractivity contribution in [3.63, 3.8) is 0 Å². The third-order valence-corrected chi connectivity index (χ3v) is 4.60. The fourth-order valence-electron chi connectivity index (χ4n) is 2.60. The van der Waals surface area contributed by atoms with Gasteiger partial charge in [-0.05, 0) is 57.2 Å². The van der Waals surface area contributed by atoms with Crippen LogP contribution in [0.1, 0.15) is 28.4 Å². The lowest BCUT2D eigenvalue weighted by Gasteiger charge is -2.04. The summed E-state index contributed by atoms with van der Waals surface area (Å²) in [6.45, 7) is 5.52. The quantitative estimate of drug-likeness (QED) is 0.506. The molecule has 0 saturated carbocycles. The smallest absolute Gasteiger partial charge is 0.277 e. The lowest BCUT2D eigenvalue weighted by atomic mass is 10.1. The second-order valence-corrected chi connectivity index (χ2v) is 7.15. The zero-order chi connectivity index (χ0) is 19.4. The highest BCUT2D eigenvalue weighted by Gasteiger charge is 2.12. The van der Waals surface area contributed by atoms with E-state index < -0.39 is 0 Å². The van der Waals surface area contributed by atoms with E-state index in [2.05, 4.69) is 21.6 Å². The number of carbonyl (C=O) groups is 2. The van der Waals surface area contributed by atoms with E-state index in [0.29, 0.717) is 22.4 Å². The van der Waals surface area contributed by atoms with Gasteiger partial charge in [0.1, 0.15) is 0 Å². The van der Waals surface area contributed by atoms with Crippen LogP contribution in [0.3, 0.4) is 0 Å². The average molecular weight is 381 g/mol. The van der Waals surface area contributed by atoms with E-state index in [0.717, 1.165) is 16.7 Å². The van der Waals surface area contributed by atoms with Crippen LogP contribution in [0.2, 0.25) is 0 Å². The molecule has 0 bridgehead atoms. The van der Waals surface area contributed by atoms with Gasteiger partial charge in [-0.1, -0.05) is 29.0 Å². The molecule has 6 nitrogen and oxygen atoms in total. The molecule has 0 atom stereocenters. The molecule has 3 rings (SSSR count). The van der Waals surface area contributed by atoms with Crippen molar-refractivity contribution in [3.8, 4) is 11.5 Å². The number of thioether (sulfide) groups is 1. The SMILES string of the molecule is CC(=O)c1ccc(NC(=O)CSc2nnc(-c3cc(C)cc(C)c3)o2)cc1. The van der Waals surface area contributed by atoms with Gasteiger partial charge in [0.25, 0.3) is 5.22 Å². The van der Waals surface area contributed by atoms with Crippen LogP contribution in [-0.4, -0.2) is 27.6 Å². The number of carbonyl (C=O) groups excluding carboxylic acids is 2. The summed E-state index contributed by atoms with van der Waals surface area (Å²) in [6.07, 6.45) is 0. The molecule has 3 aromatic rings. The maximum absolute atomic E-state index is 12.1. The van der Waals surface area contributed by atoms with Crippen LogP contribution in [0.25, 0.3) is 11.5 Å². The number of Topliss-reactive ketones (excluding diaryl/α,β-unsaturated/α-hetero) is 1. The predicted octanol–water partition coefficient (Wildman–Crippen LogP) is 4.29. The number of ketones is 1. The van der Waals surface area contributed by atoms with Crippen molar-refractivity contribution in [2.24, 2.45) is 0 Å². The van der Waals surface area contributed by atoms with Gasteiger partial charge in [-0.3, -0.25) is 9.59 Å². The highest BCUT2D eigenvalue weighted by Crippen LogP contribution is 2.25. The standard InChI is InChI=1S/C20H19N3O3S/c1-12-8-13(2)10-16(9-12)19-22-23-20(26-19)27-11-18(25)21-17-6-4-15(5-7-17)14(3)24/h4-10H,11H2,1-3H3,(H,21,25). The zero-order valence-electron chi connectivity index (χ0n) is 15.3. The molecule has 0 unspecified atom stereocenters. The van der Waals surface area contributed by atoms with Gasteiger partial charge < -0.3 is 9.73 Å². The number of hydrogen-bond donors (Lipinski definition) is 1. The summed E-state index contributed by atoms with van der Waals surface area (Å²) in [5.74, 6) is 0.369. The molecule has 0 saturated heterocycles. The second-order valence-electron chi connectivity index (χ2n) is 6.22. The van der Waals surface area contributed by atoms with Crippen LogP contribution < -0.4 is 5.32 Å². The topological polar surface area (TPSA) is 85.1 Å². The summed E-state index contributed by atoms with van der Waals surface area (Å²) in [6, 6.07) is 12.8. The number of amides is 1. The molecule has 0 radical (unpaired) electrons. The van der Waals surface area contributed by atoms with Gasteiger partial charge in [0, 0.05) is 16.8 Å². The Kier molecular flexibility index (Phi) is 5.71. The van der Waals surface area contributed by atoms with Crippen LogP contribution in [0.4, 0.5) is 5.69 Å². The van der Waals surface area contributed by atoms with E-state index in [1.165, 1.54) is 18.7 Å². The number of nitrogens with one attached hydrogen (secondary N) is 1. The van der Waals surface area contributed by atoms with E-state index in [4.69, 9.17) is 4.42 Å². The molecule has 0 fully saturated rings. The van der Waals surface area contributed by atoms with Crippen LogP contribution in [0, 0.1) is 13.8 Å². The third-order valence-electron chi connectivity index (χ3n) is 3.78. The monoisotopic (exact) mass is 381 g/mol. The second kappa shape index (κ2) is 8.18. The molecule has 1 aromatic heterocycles. The van der Waals surface area contributed by atoms with E-state index in [1.54, 1.807) is 24.3 Å². The van der Waals surface area contributed by atoms with E-state index in [9.17, 15) is 9.59 Å². The number of rotatable bonds is 6. The number of aryl methyl sites for hydroxylation is 2. The molecular formula is C20H19N3O3S. The minimum Gasteiger partial charge on any atom is -0.411 e. The summed E-state index contributed by atoms with van der Waals surface area (Å²) in [5.41, 5.74) is 4.33. The summed E-state index contributed by atoms with van der Waals surface area (Å²) in [5, 5.41) is 11.2. The van der Waals surface area contributed by atoms with E-state index in [1.807, 2.05) is 26.0 Å². The fraction of sp³-hybridized carbons (Fsp3) is 0.200. The largest absolute Gasteiger partial charge is 0.411 e. The summed E-state index contributed by atoms with van der Waals surface area (Å²) >= 11 is 1.17. The van der Waals surface area contributed by atoms with Gasteiger partial charge >= 0.3 is 0 Å². The Morgan fingerprint density at radius 3 is 2.33 bits per heavy atom. The van der Waals surface area contributed by atoms with Gasteiger partial charge in [0.05, 0.1) is 5.75 Å². The van der Waals surface area contributed by atoms with Gasteiger partial charge in [-0.2, -0.15) is 0 Å². The molecule has 0 aliphatic carbocycles. The van der Waals surface area contributed by atoms with Crippen molar-refractivity contribution < 1.29 is 14.0 Å². The van der Waals surface area contributed by atoms with Crippen molar-refractivity contribution in [3.05, 3.63) is 59.2 Å². The number of benzene rings is 2. The minimum atomic E-state index is -0.193. The summed E-state index contributed by atoms with van der Waals surface area (Å²) in [7, 11) is 0. The van der Waals surface area contributed by atoms with E-state index >= 15 is 0 Å². The number of aromatic nitrogens is 2. The van der Waals surface area contributed by atoms with Crippen LogP contribution in [-0.2, 0) is 4.79 Å². The Bertz CT molecular complexity index is 960. The Hall–Kier alpha value is -2.93. The first-order valence-corrected chi connectivity index (χ1v) is 9.35. The number of nitrogens with zero attached hydrogens (tertiary/aromatic N) is 2. The molecule has 7 heteroatoms. The van der Waals surface area contributed by atoms with Crippen molar-refractivity contribution in [1.82, 2.24) is 10.2 Å². The normalized spacial score (nSPS) is 10.6. The van der Waals surface area contributed by atoms with Crippen molar-refractivity contribution in [2.45, 2.75) is 26.0 Å². The Morgan fingerprint density at radius 1 is 1.04 bits per heavy atom. The van der Waals surface area contributed by atoms with Gasteiger partial charge in [-0.25, -0.2) is 0 Å². The van der Waals surface area contributed by atoms with E-state index in [-0.39, 0.29) is 17.4 Å². The third kappa shape index (κ3) is 5.04. The number of anilines is 1. The Labute approximate surface area is 161 Å². The Balaban J connectivity index is 1.58. The molecule has 0 aliphatic heterocycles. The van der Waals surface area contributed by atoms with Crippen molar-refractivity contribution in [2.75, 3.05) is 11.1 Å². The number of hydrogen-bond acceptors (Lipinski definition) is 6. The minimum absolute atomic E-state index is 0.0144. The molecule has 1 heterocycles. The maximum Gasteiger partial charge on any atom is 0.277 e. The zero-order valence-corrected chi connectivity index (χ0v) is 16.1. The average Bonchev–Trinajstić information content (AvgIpc) is 3.09. The Morgan fingerprint density at radius 2 is 1.70 bits per heavy atom.